The molecule has 1 unspecified atom stereocenters. The molecule has 2 saturated heterocycles. The van der Waals surface area contributed by atoms with E-state index in [9.17, 15) is 14.7 Å². The molecule has 8 heteroatoms. The van der Waals surface area contributed by atoms with E-state index in [1.165, 1.54) is 0 Å². The average Bonchev–Trinajstić information content (AvgIpc) is 2.67. The van der Waals surface area contributed by atoms with Crippen LogP contribution in [0.25, 0.3) is 0 Å². The van der Waals surface area contributed by atoms with Crippen molar-refractivity contribution in [3.05, 3.63) is 29.3 Å². The summed E-state index contributed by atoms with van der Waals surface area (Å²) in [5.74, 6) is 0.232. The van der Waals surface area contributed by atoms with Gasteiger partial charge in [0, 0.05) is 30.6 Å². The molecule has 0 aliphatic carbocycles. The highest BCUT2D eigenvalue weighted by Gasteiger charge is 2.36. The van der Waals surface area contributed by atoms with Gasteiger partial charge in [0.1, 0.15) is 18.0 Å². The van der Waals surface area contributed by atoms with Crippen LogP contribution in [0.4, 0.5) is 0 Å². The van der Waals surface area contributed by atoms with Crippen LogP contribution >= 0.6 is 11.6 Å². The Labute approximate surface area is 170 Å². The highest BCUT2D eigenvalue weighted by molar-refractivity contribution is 6.30. The van der Waals surface area contributed by atoms with Gasteiger partial charge in [-0.05, 0) is 50.4 Å². The fraction of sp³-hybridized carbons (Fsp3) is 0.600. The second kappa shape index (κ2) is 9.11. The third-order valence-corrected chi connectivity index (χ3v) is 5.78. The van der Waals surface area contributed by atoms with Crippen LogP contribution in [-0.2, 0) is 9.59 Å². The minimum absolute atomic E-state index is 0.0305. The fourth-order valence-electron chi connectivity index (χ4n) is 3.94. The molecule has 0 bridgehead atoms. The van der Waals surface area contributed by atoms with Crippen LogP contribution in [0, 0.1) is 5.92 Å². The first-order valence-electron chi connectivity index (χ1n) is 9.75. The van der Waals surface area contributed by atoms with E-state index in [2.05, 4.69) is 0 Å². The van der Waals surface area contributed by atoms with Crippen molar-refractivity contribution >= 4 is 23.4 Å². The number of halogens is 1. The number of hydrogen-bond acceptors (Lipinski definition) is 5. The maximum Gasteiger partial charge on any atom is 0.236 e. The van der Waals surface area contributed by atoms with E-state index in [1.807, 2.05) is 4.90 Å². The van der Waals surface area contributed by atoms with E-state index < -0.39 is 5.60 Å². The molecule has 2 aliphatic heterocycles. The molecule has 1 aromatic carbocycles. The lowest BCUT2D eigenvalue weighted by atomic mass is 9.93. The zero-order valence-electron chi connectivity index (χ0n) is 16.0. The Morgan fingerprint density at radius 2 is 2.04 bits per heavy atom. The molecule has 28 heavy (non-hydrogen) atoms. The van der Waals surface area contributed by atoms with Crippen LogP contribution < -0.4 is 10.5 Å². The van der Waals surface area contributed by atoms with Gasteiger partial charge in [0.05, 0.1) is 6.54 Å². The highest BCUT2D eigenvalue weighted by atomic mass is 35.5. The Hall–Kier alpha value is -1.83. The smallest absolute Gasteiger partial charge is 0.236 e. The lowest BCUT2D eigenvalue weighted by molar-refractivity contribution is -0.137. The molecule has 1 aromatic rings. The summed E-state index contributed by atoms with van der Waals surface area (Å²) in [6, 6.07) is 7.08. The van der Waals surface area contributed by atoms with E-state index in [1.54, 1.807) is 29.2 Å². The topological polar surface area (TPSA) is 96.1 Å². The summed E-state index contributed by atoms with van der Waals surface area (Å²) >= 11 is 5.96. The molecular weight excluding hydrogens is 382 g/mol. The molecule has 0 radical (unpaired) electrons. The Morgan fingerprint density at radius 3 is 2.71 bits per heavy atom. The van der Waals surface area contributed by atoms with Crippen molar-refractivity contribution in [3.8, 4) is 5.75 Å². The molecule has 1 atom stereocenters. The van der Waals surface area contributed by atoms with E-state index in [4.69, 9.17) is 22.1 Å². The van der Waals surface area contributed by atoms with Crippen molar-refractivity contribution in [2.24, 2.45) is 11.7 Å². The van der Waals surface area contributed by atoms with Crippen molar-refractivity contribution in [1.29, 1.82) is 0 Å². The van der Waals surface area contributed by atoms with Gasteiger partial charge >= 0.3 is 0 Å². The largest absolute Gasteiger partial charge is 0.490 e. The molecule has 3 rings (SSSR count). The van der Waals surface area contributed by atoms with Crippen LogP contribution in [0.1, 0.15) is 25.7 Å². The second-order valence-corrected chi connectivity index (χ2v) is 8.28. The minimum atomic E-state index is -1.00. The highest BCUT2D eigenvalue weighted by Crippen LogP contribution is 2.25. The first kappa shape index (κ1) is 20.9. The maximum atomic E-state index is 12.6. The quantitative estimate of drug-likeness (QED) is 0.737. The summed E-state index contributed by atoms with van der Waals surface area (Å²) < 4.78 is 5.73. The third-order valence-electron chi connectivity index (χ3n) is 5.55. The number of amides is 2. The summed E-state index contributed by atoms with van der Waals surface area (Å²) in [6.07, 6.45) is 2.67. The van der Waals surface area contributed by atoms with Gasteiger partial charge in [0.2, 0.25) is 11.8 Å². The van der Waals surface area contributed by atoms with Crippen molar-refractivity contribution < 1.29 is 19.4 Å². The lowest BCUT2D eigenvalue weighted by Gasteiger charge is -2.39. The number of benzene rings is 1. The van der Waals surface area contributed by atoms with Gasteiger partial charge in [-0.2, -0.15) is 0 Å². The van der Waals surface area contributed by atoms with Gasteiger partial charge < -0.3 is 20.5 Å². The Balaban J connectivity index is 1.48. The van der Waals surface area contributed by atoms with Crippen LogP contribution in [0.3, 0.4) is 0 Å². The molecular formula is C20H28ClN3O4. The van der Waals surface area contributed by atoms with Gasteiger partial charge in [-0.3, -0.25) is 14.5 Å². The first-order chi connectivity index (χ1) is 13.3. The van der Waals surface area contributed by atoms with Crippen LogP contribution in [0.5, 0.6) is 5.75 Å². The number of aliphatic hydroxyl groups is 1. The standard InChI is InChI=1S/C20H28ClN3O4/c21-16-3-1-4-17(11-16)28-14-20(27)7-2-8-23(13-20)12-18(25)24-9-5-15(6-10-24)19(22)26/h1,3-4,11,15,27H,2,5-10,12-14H2,(H2,22,26). The summed E-state index contributed by atoms with van der Waals surface area (Å²) in [5, 5.41) is 11.5. The monoisotopic (exact) mass is 409 g/mol. The lowest BCUT2D eigenvalue weighted by Crippen LogP contribution is -2.54. The third kappa shape index (κ3) is 5.59. The molecule has 0 aromatic heterocycles. The number of hydrogen-bond donors (Lipinski definition) is 2. The number of nitrogens with two attached hydrogens (primary N) is 1. The van der Waals surface area contributed by atoms with Crippen molar-refractivity contribution in [2.75, 3.05) is 39.3 Å². The zero-order chi connectivity index (χ0) is 20.1. The first-order valence-corrected chi connectivity index (χ1v) is 10.1. The summed E-state index contributed by atoms with van der Waals surface area (Å²) in [7, 11) is 0. The number of nitrogens with zero attached hydrogens (tertiary/aromatic N) is 2. The molecule has 3 N–H and O–H groups in total. The molecule has 7 nitrogen and oxygen atoms in total. The van der Waals surface area contributed by atoms with Gasteiger partial charge in [-0.1, -0.05) is 17.7 Å². The predicted molar refractivity (Wildman–Crippen MR) is 106 cm³/mol. The molecule has 2 aliphatic rings. The number of β-amino-alcohol motifs (C(OH)–C–C–N with tert-alkyl or cyclic N) is 1. The SMILES string of the molecule is NC(=O)C1CCN(C(=O)CN2CCCC(O)(COc3cccc(Cl)c3)C2)CC1. The Morgan fingerprint density at radius 1 is 1.29 bits per heavy atom. The van der Waals surface area contributed by atoms with E-state index >= 15 is 0 Å². The Kier molecular flexibility index (Phi) is 6.80. The van der Waals surface area contributed by atoms with Gasteiger partial charge in [0.25, 0.3) is 0 Å². The predicted octanol–water partition coefficient (Wildman–Crippen LogP) is 1.27. The number of carbonyl (C=O) groups excluding carboxylic acids is 2. The molecule has 2 heterocycles. The number of likely N-dealkylation sites (tertiary alicyclic amines) is 2. The molecule has 2 fully saturated rings. The maximum absolute atomic E-state index is 12.6. The fourth-order valence-corrected chi connectivity index (χ4v) is 4.12. The average molecular weight is 410 g/mol. The molecule has 2 amide bonds. The molecule has 154 valence electrons. The van der Waals surface area contributed by atoms with E-state index in [0.717, 1.165) is 13.0 Å². The normalized spacial score (nSPS) is 24.1. The molecule has 0 saturated carbocycles. The van der Waals surface area contributed by atoms with Gasteiger partial charge in [-0.25, -0.2) is 0 Å². The summed E-state index contributed by atoms with van der Waals surface area (Å²) in [4.78, 5) is 27.6. The van der Waals surface area contributed by atoms with E-state index in [-0.39, 0.29) is 30.9 Å². The van der Waals surface area contributed by atoms with Crippen LogP contribution in [-0.4, -0.2) is 71.7 Å². The summed E-state index contributed by atoms with van der Waals surface area (Å²) in [5.41, 5.74) is 4.35. The van der Waals surface area contributed by atoms with Crippen LogP contribution in [0.2, 0.25) is 5.02 Å². The minimum Gasteiger partial charge on any atom is -0.490 e. The van der Waals surface area contributed by atoms with Crippen molar-refractivity contribution in [1.82, 2.24) is 9.80 Å². The number of ether oxygens (including phenoxy) is 1. The summed E-state index contributed by atoms with van der Waals surface area (Å²) in [6.45, 7) is 2.69. The number of primary amides is 1. The van der Waals surface area contributed by atoms with Crippen molar-refractivity contribution in [2.45, 2.75) is 31.3 Å². The Bertz CT molecular complexity index is 708. The van der Waals surface area contributed by atoms with Gasteiger partial charge in [-0.15, -0.1) is 0 Å². The zero-order valence-corrected chi connectivity index (χ0v) is 16.7. The van der Waals surface area contributed by atoms with Gasteiger partial charge in [0.15, 0.2) is 0 Å². The number of carbonyl (C=O) groups is 2. The van der Waals surface area contributed by atoms with E-state index in [0.29, 0.717) is 49.7 Å². The molecule has 0 spiro atoms. The second-order valence-electron chi connectivity index (χ2n) is 7.84. The van der Waals surface area contributed by atoms with Crippen LogP contribution in [0.15, 0.2) is 24.3 Å². The number of rotatable bonds is 6. The number of piperidine rings is 2. The van der Waals surface area contributed by atoms with Crippen molar-refractivity contribution in [3.63, 3.8) is 0 Å².